The molecule has 0 aliphatic heterocycles. The van der Waals surface area contributed by atoms with Crippen molar-refractivity contribution in [1.82, 2.24) is 4.90 Å². The molecule has 2 aromatic carbocycles. The van der Waals surface area contributed by atoms with Crippen molar-refractivity contribution in [1.29, 1.82) is 0 Å². The summed E-state index contributed by atoms with van der Waals surface area (Å²) < 4.78 is 24.8. The molecule has 0 aliphatic rings. The molecule has 0 spiro atoms. The topological polar surface area (TPSA) is 38.8 Å². The SMILES string of the molecule is CN(CCOc1ccc(-c2ccc(F)cc2)cc1Cc1cccs1)CC(=O)OC(C)(C)C. The summed E-state index contributed by atoms with van der Waals surface area (Å²) >= 11 is 1.71. The lowest BCUT2D eigenvalue weighted by atomic mass is 10.0. The minimum absolute atomic E-state index is 0.214. The predicted molar refractivity (Wildman–Crippen MR) is 128 cm³/mol. The van der Waals surface area contributed by atoms with Crippen molar-refractivity contribution >= 4 is 17.3 Å². The van der Waals surface area contributed by atoms with Gasteiger partial charge in [-0.15, -0.1) is 11.3 Å². The molecule has 4 nitrogen and oxygen atoms in total. The first kappa shape index (κ1) is 24.0. The van der Waals surface area contributed by atoms with Crippen LogP contribution in [0.15, 0.2) is 60.0 Å². The average molecular weight is 456 g/mol. The Morgan fingerprint density at radius 1 is 1.06 bits per heavy atom. The molecule has 0 atom stereocenters. The standard InChI is InChI=1S/C26H30FNO3S/c1-26(2,3)31-25(29)18-28(4)13-14-30-24-12-9-20(19-7-10-22(27)11-8-19)16-21(24)17-23-6-5-15-32-23/h5-12,15-16H,13-14,17-18H2,1-4H3. The van der Waals surface area contributed by atoms with E-state index in [2.05, 4.69) is 17.5 Å². The van der Waals surface area contributed by atoms with Gasteiger partial charge >= 0.3 is 5.97 Å². The molecule has 0 aliphatic carbocycles. The van der Waals surface area contributed by atoms with E-state index in [1.807, 2.05) is 50.9 Å². The monoisotopic (exact) mass is 455 g/mol. The second-order valence-electron chi connectivity index (χ2n) is 8.76. The Morgan fingerprint density at radius 3 is 2.44 bits per heavy atom. The normalized spacial score (nSPS) is 11.6. The van der Waals surface area contributed by atoms with Gasteiger partial charge in [-0.2, -0.15) is 0 Å². The van der Waals surface area contributed by atoms with E-state index < -0.39 is 5.60 Å². The zero-order chi connectivity index (χ0) is 23.1. The van der Waals surface area contributed by atoms with Crippen molar-refractivity contribution in [2.45, 2.75) is 32.8 Å². The lowest BCUT2D eigenvalue weighted by molar-refractivity contribution is -0.155. The molecule has 3 aromatic rings. The van der Waals surface area contributed by atoms with Crippen LogP contribution in [0.2, 0.25) is 0 Å². The van der Waals surface area contributed by atoms with Crippen molar-refractivity contribution in [3.8, 4) is 16.9 Å². The molecule has 0 bridgehead atoms. The number of esters is 1. The highest BCUT2D eigenvalue weighted by Crippen LogP contribution is 2.30. The van der Waals surface area contributed by atoms with Gasteiger partial charge in [0.25, 0.3) is 0 Å². The summed E-state index contributed by atoms with van der Waals surface area (Å²) in [5.41, 5.74) is 2.56. The molecule has 0 amide bonds. The molecule has 0 radical (unpaired) electrons. The second-order valence-corrected chi connectivity index (χ2v) is 9.79. The molecule has 1 aromatic heterocycles. The Balaban J connectivity index is 1.67. The first-order valence-electron chi connectivity index (χ1n) is 10.6. The van der Waals surface area contributed by atoms with Crippen LogP contribution >= 0.6 is 11.3 Å². The Hall–Kier alpha value is -2.70. The number of likely N-dealkylation sites (N-methyl/N-ethyl adjacent to an activating group) is 1. The third kappa shape index (κ3) is 7.46. The number of hydrogen-bond donors (Lipinski definition) is 0. The first-order valence-corrected chi connectivity index (χ1v) is 11.5. The van der Waals surface area contributed by atoms with Crippen LogP contribution in [0.5, 0.6) is 5.75 Å². The number of ether oxygens (including phenoxy) is 2. The van der Waals surface area contributed by atoms with Crippen molar-refractivity contribution in [2.24, 2.45) is 0 Å². The van der Waals surface area contributed by atoms with Crippen LogP contribution in [0.1, 0.15) is 31.2 Å². The number of rotatable bonds is 9. The van der Waals surface area contributed by atoms with Gasteiger partial charge in [0.05, 0.1) is 6.54 Å². The summed E-state index contributed by atoms with van der Waals surface area (Å²) in [4.78, 5) is 15.1. The second kappa shape index (κ2) is 10.7. The fourth-order valence-electron chi connectivity index (χ4n) is 3.27. The van der Waals surface area contributed by atoms with E-state index in [1.54, 1.807) is 23.5 Å². The van der Waals surface area contributed by atoms with Gasteiger partial charge in [-0.3, -0.25) is 9.69 Å². The molecule has 170 valence electrons. The summed E-state index contributed by atoms with van der Waals surface area (Å²) in [7, 11) is 1.87. The molecule has 0 N–H and O–H groups in total. The van der Waals surface area contributed by atoms with Crippen molar-refractivity contribution in [2.75, 3.05) is 26.7 Å². The molecule has 0 unspecified atom stereocenters. The van der Waals surface area contributed by atoms with E-state index >= 15 is 0 Å². The summed E-state index contributed by atoms with van der Waals surface area (Å²) in [5, 5.41) is 2.06. The van der Waals surface area contributed by atoms with E-state index in [4.69, 9.17) is 9.47 Å². The van der Waals surface area contributed by atoms with Gasteiger partial charge in [0.15, 0.2) is 0 Å². The number of thiophene rings is 1. The smallest absolute Gasteiger partial charge is 0.320 e. The van der Waals surface area contributed by atoms with Crippen LogP contribution in [-0.4, -0.2) is 43.2 Å². The molecule has 1 heterocycles. The third-order valence-corrected chi connectivity index (χ3v) is 5.61. The zero-order valence-corrected chi connectivity index (χ0v) is 19.9. The van der Waals surface area contributed by atoms with E-state index in [1.165, 1.54) is 17.0 Å². The Morgan fingerprint density at radius 2 is 1.78 bits per heavy atom. The van der Waals surface area contributed by atoms with Crippen LogP contribution in [0.4, 0.5) is 4.39 Å². The van der Waals surface area contributed by atoms with Crippen LogP contribution in [0.25, 0.3) is 11.1 Å². The highest BCUT2D eigenvalue weighted by atomic mass is 32.1. The van der Waals surface area contributed by atoms with E-state index in [9.17, 15) is 9.18 Å². The molecular formula is C26H30FNO3S. The maximum Gasteiger partial charge on any atom is 0.320 e. The van der Waals surface area contributed by atoms with Gasteiger partial charge in [0.1, 0.15) is 23.8 Å². The van der Waals surface area contributed by atoms with Gasteiger partial charge in [0.2, 0.25) is 0 Å². The van der Waals surface area contributed by atoms with E-state index in [0.29, 0.717) is 13.2 Å². The van der Waals surface area contributed by atoms with Crippen LogP contribution < -0.4 is 4.74 Å². The van der Waals surface area contributed by atoms with Gasteiger partial charge in [-0.1, -0.05) is 24.3 Å². The summed E-state index contributed by atoms with van der Waals surface area (Å²) in [6.45, 7) is 6.84. The lowest BCUT2D eigenvalue weighted by Gasteiger charge is -2.22. The van der Waals surface area contributed by atoms with Gasteiger partial charge in [0, 0.05) is 17.8 Å². The van der Waals surface area contributed by atoms with Crippen molar-refractivity contribution in [3.05, 3.63) is 76.2 Å². The van der Waals surface area contributed by atoms with Crippen molar-refractivity contribution in [3.63, 3.8) is 0 Å². The molecule has 0 fully saturated rings. The van der Waals surface area contributed by atoms with E-state index in [0.717, 1.165) is 28.9 Å². The molecule has 0 saturated carbocycles. The molecule has 6 heteroatoms. The highest BCUT2D eigenvalue weighted by Gasteiger charge is 2.17. The minimum atomic E-state index is -0.489. The largest absolute Gasteiger partial charge is 0.492 e. The van der Waals surface area contributed by atoms with E-state index in [-0.39, 0.29) is 18.3 Å². The number of benzene rings is 2. The molecule has 3 rings (SSSR count). The number of hydrogen-bond acceptors (Lipinski definition) is 5. The van der Waals surface area contributed by atoms with Crippen LogP contribution in [0, 0.1) is 5.82 Å². The van der Waals surface area contributed by atoms with Gasteiger partial charge < -0.3 is 9.47 Å². The average Bonchev–Trinajstić information content (AvgIpc) is 3.21. The summed E-state index contributed by atoms with van der Waals surface area (Å²) in [6.07, 6.45) is 0.760. The van der Waals surface area contributed by atoms with Gasteiger partial charge in [-0.05, 0) is 80.2 Å². The zero-order valence-electron chi connectivity index (χ0n) is 19.1. The fourth-order valence-corrected chi connectivity index (χ4v) is 3.99. The number of carbonyl (C=O) groups is 1. The lowest BCUT2D eigenvalue weighted by Crippen LogP contribution is -2.34. The highest BCUT2D eigenvalue weighted by molar-refractivity contribution is 7.09. The summed E-state index contributed by atoms with van der Waals surface area (Å²) in [6, 6.07) is 16.7. The Labute approximate surface area is 193 Å². The fraction of sp³-hybridized carbons (Fsp3) is 0.346. The third-order valence-electron chi connectivity index (χ3n) is 4.73. The minimum Gasteiger partial charge on any atom is -0.492 e. The first-order chi connectivity index (χ1) is 15.2. The quantitative estimate of drug-likeness (QED) is 0.383. The maximum absolute atomic E-state index is 13.3. The maximum atomic E-state index is 13.3. The predicted octanol–water partition coefficient (Wildman–Crippen LogP) is 5.80. The molecule has 0 saturated heterocycles. The van der Waals surface area contributed by atoms with Crippen LogP contribution in [-0.2, 0) is 16.0 Å². The van der Waals surface area contributed by atoms with Gasteiger partial charge in [-0.25, -0.2) is 4.39 Å². The number of halogens is 1. The molecular weight excluding hydrogens is 425 g/mol. The Bertz CT molecular complexity index is 1010. The van der Waals surface area contributed by atoms with Crippen LogP contribution in [0.3, 0.4) is 0 Å². The Kier molecular flexibility index (Phi) is 8.04. The molecule has 32 heavy (non-hydrogen) atoms. The number of carbonyl (C=O) groups excluding carboxylic acids is 1. The number of nitrogens with zero attached hydrogens (tertiary/aromatic N) is 1. The van der Waals surface area contributed by atoms with Crippen molar-refractivity contribution < 1.29 is 18.7 Å². The summed E-state index contributed by atoms with van der Waals surface area (Å²) in [5.74, 6) is 0.319.